The van der Waals surface area contributed by atoms with Crippen molar-refractivity contribution in [1.29, 1.82) is 0 Å². The Kier molecular flexibility index (Phi) is 241. The third-order valence-corrected chi connectivity index (χ3v) is 12.6. The second-order valence-electron chi connectivity index (χ2n) is 10.9. The molecular formula is C32H96O48P16Ti4. The minimum absolute atomic E-state index is 0. The molecule has 608 valence electrons. The topological polar surface area (TPSA) is 790 Å². The zero-order valence-electron chi connectivity index (χ0n) is 56.9. The minimum Gasteiger partial charge on any atom is -0.781 e. The van der Waals surface area contributed by atoms with E-state index in [1.54, 1.807) is 111 Å². The van der Waals surface area contributed by atoms with E-state index in [2.05, 4.69) is 72.4 Å². The summed E-state index contributed by atoms with van der Waals surface area (Å²) in [7, 11) is -46.2. The van der Waals surface area contributed by atoms with Gasteiger partial charge in [-0.25, -0.2) is 0 Å². The Morgan fingerprint density at radius 2 is 0.160 bits per heavy atom. The van der Waals surface area contributed by atoms with E-state index in [0.717, 1.165) is 0 Å². The van der Waals surface area contributed by atoms with Gasteiger partial charge in [0.25, 0.3) is 0 Å². The first-order chi connectivity index (χ1) is 44.3. The van der Waals surface area contributed by atoms with Crippen LogP contribution in [0.25, 0.3) is 0 Å². The first-order valence-electron chi connectivity index (χ1n) is 25.7. The van der Waals surface area contributed by atoms with E-state index in [1.807, 2.05) is 0 Å². The zero-order chi connectivity index (χ0) is 79.9. The molecule has 16 atom stereocenters. The third kappa shape index (κ3) is 381. The summed E-state index contributed by atoms with van der Waals surface area (Å²) in [6.07, 6.45) is 0. The molecule has 0 heterocycles. The van der Waals surface area contributed by atoms with Crippen LogP contribution in [0.3, 0.4) is 0 Å². The Morgan fingerprint density at radius 3 is 0.160 bits per heavy atom. The van der Waals surface area contributed by atoms with Gasteiger partial charge in [0, 0.05) is 106 Å². The standard InChI is InChI=1S/16C2H7O3P.4Ti/c16*1-2-5-6(3)4;;;;/h16*6H,2H2,1H3,(H,3,4);;;;/q;;;;;;;;;;;;;;;;4*+4/p-16. The van der Waals surface area contributed by atoms with Crippen LogP contribution < -0.4 is 78.3 Å². The predicted molar refractivity (Wildman–Crippen MR) is 330 cm³/mol. The molecule has 0 radical (unpaired) electrons. The van der Waals surface area contributed by atoms with Crippen LogP contribution in [0.1, 0.15) is 111 Å². The fraction of sp³-hybridized carbons (Fsp3) is 1.00. The summed E-state index contributed by atoms with van der Waals surface area (Å²) >= 11 is 0. The molecule has 0 amide bonds. The van der Waals surface area contributed by atoms with Gasteiger partial charge in [0.2, 0.25) is 0 Å². The average molecular weight is 1940 g/mol. The normalized spacial score (nSPS) is 13.8. The minimum atomic E-state index is -2.89. The van der Waals surface area contributed by atoms with Gasteiger partial charge < -0.3 is 224 Å². The SMILES string of the molecule is CCO[PH](=O)[O-].CCO[PH](=O)[O-].CCO[PH](=O)[O-].CCO[PH](=O)[O-].CCO[PH](=O)[O-].CCO[PH](=O)[O-].CCO[PH](=O)[O-].CCO[PH](=O)[O-].CCO[PH](=O)[O-].CCO[PH](=O)[O-].CCO[PH](=O)[O-].CCO[PH](=O)[O-].CCO[PH](=O)[O-].CCO[PH](=O)[O-].CCO[PH](=O)[O-].CCO[PH](=O)[O-].[Ti+4].[Ti+4].[Ti+4].[Ti+4]. The molecule has 68 heteroatoms. The maximum Gasteiger partial charge on any atom is 4.00 e. The summed E-state index contributed by atoms with van der Waals surface area (Å²) in [4.78, 5) is 151. The summed E-state index contributed by atoms with van der Waals surface area (Å²) in [5, 5.41) is 0. The van der Waals surface area contributed by atoms with Crippen molar-refractivity contribution in [2.45, 2.75) is 111 Å². The van der Waals surface area contributed by atoms with Gasteiger partial charge in [0.05, 0.1) is 0 Å². The first kappa shape index (κ1) is 157. The summed E-state index contributed by atoms with van der Waals surface area (Å²) in [6.45, 7) is 30.0. The molecular weight excluding hydrogens is 1840 g/mol. The predicted octanol–water partition coefficient (Wildman–Crippen LogP) is -3.64. The van der Waals surface area contributed by atoms with Crippen molar-refractivity contribution in [3.05, 3.63) is 0 Å². The Morgan fingerprint density at radius 1 is 0.130 bits per heavy atom. The molecule has 0 fully saturated rings. The van der Waals surface area contributed by atoms with Crippen molar-refractivity contribution in [3.63, 3.8) is 0 Å². The van der Waals surface area contributed by atoms with E-state index in [9.17, 15) is 151 Å². The summed E-state index contributed by atoms with van der Waals surface area (Å²) in [5.74, 6) is 0. The molecule has 16 unspecified atom stereocenters. The van der Waals surface area contributed by atoms with Gasteiger partial charge >= 0.3 is 86.9 Å². The van der Waals surface area contributed by atoms with Crippen molar-refractivity contribution >= 4 is 132 Å². The van der Waals surface area contributed by atoms with Crippen LogP contribution in [0, 0.1) is 0 Å². The molecule has 0 N–H and O–H groups in total. The fourth-order valence-electron chi connectivity index (χ4n) is 1.89. The molecule has 0 aliphatic heterocycles. The molecule has 0 aromatic rings. The number of hydrogen-bond donors (Lipinski definition) is 0. The Labute approximate surface area is 654 Å². The van der Waals surface area contributed by atoms with E-state index >= 15 is 0 Å². The molecule has 100 heavy (non-hydrogen) atoms. The Hall–Kier alpha value is 5.26. The van der Waals surface area contributed by atoms with Crippen molar-refractivity contribution in [2.75, 3.05) is 106 Å². The largest absolute Gasteiger partial charge is 4.00 e. The number of rotatable bonds is 32. The molecule has 0 aliphatic carbocycles. The molecule has 48 nitrogen and oxygen atoms in total. The molecule has 0 aromatic heterocycles. The first-order valence-corrected chi connectivity index (χ1v) is 45.3. The third-order valence-electron chi connectivity index (χ3n) is 4.20. The summed E-state index contributed by atoms with van der Waals surface area (Å²) in [5.41, 5.74) is 0. The van der Waals surface area contributed by atoms with E-state index in [1.165, 1.54) is 0 Å². The molecule has 0 rings (SSSR count). The van der Waals surface area contributed by atoms with E-state index in [-0.39, 0.29) is 193 Å². The average Bonchev–Trinajstić information content (AvgIpc) is 3.41. The van der Waals surface area contributed by atoms with Gasteiger partial charge in [-0.1, -0.05) is 0 Å². The smallest absolute Gasteiger partial charge is 0.781 e. The van der Waals surface area contributed by atoms with Gasteiger partial charge in [-0.2, -0.15) is 0 Å². The van der Waals surface area contributed by atoms with E-state index < -0.39 is 132 Å². The Bertz CT molecular complexity index is 1380. The van der Waals surface area contributed by atoms with Crippen LogP contribution in [-0.4, -0.2) is 106 Å². The van der Waals surface area contributed by atoms with Crippen LogP contribution in [0.2, 0.25) is 0 Å². The zero-order valence-corrected chi connectivity index (χ0v) is 79.2. The van der Waals surface area contributed by atoms with Crippen LogP contribution in [0.15, 0.2) is 0 Å². The van der Waals surface area contributed by atoms with Crippen molar-refractivity contribution in [1.82, 2.24) is 0 Å². The van der Waals surface area contributed by atoms with Gasteiger partial charge in [-0.15, -0.1) is 0 Å². The van der Waals surface area contributed by atoms with Crippen LogP contribution >= 0.6 is 132 Å². The monoisotopic (exact) mass is 1940 g/mol. The van der Waals surface area contributed by atoms with Gasteiger partial charge in [-0.05, 0) is 111 Å². The summed E-state index contributed by atoms with van der Waals surface area (Å²) in [6, 6.07) is 0. The molecule has 0 saturated carbocycles. The fourth-order valence-corrected chi connectivity index (χ4v) is 5.66. The van der Waals surface area contributed by atoms with Crippen molar-refractivity contribution < 1.29 is 311 Å². The molecule has 0 spiro atoms. The van der Waals surface area contributed by atoms with E-state index in [4.69, 9.17) is 0 Å². The van der Waals surface area contributed by atoms with Crippen molar-refractivity contribution in [3.8, 4) is 0 Å². The molecule has 0 aliphatic rings. The summed E-state index contributed by atoms with van der Waals surface area (Å²) < 4.78 is 216. The van der Waals surface area contributed by atoms with Gasteiger partial charge in [-0.3, -0.25) is 0 Å². The maximum atomic E-state index is 9.45. The Balaban J connectivity index is -0.0000000378. The molecule has 0 bridgehead atoms. The number of hydrogen-bond acceptors (Lipinski definition) is 48. The van der Waals surface area contributed by atoms with E-state index in [0.29, 0.717) is 0 Å². The van der Waals surface area contributed by atoms with Crippen molar-refractivity contribution in [2.24, 2.45) is 0 Å². The molecule has 0 aromatic carbocycles. The van der Waals surface area contributed by atoms with Gasteiger partial charge in [0.1, 0.15) is 132 Å². The quantitative estimate of drug-likeness (QED) is 0.0463. The van der Waals surface area contributed by atoms with Crippen LogP contribution in [-0.2, 0) is 232 Å². The van der Waals surface area contributed by atoms with Crippen LogP contribution in [0.4, 0.5) is 0 Å². The second-order valence-corrected chi connectivity index (χ2v) is 23.5. The maximum absolute atomic E-state index is 9.45. The second kappa shape index (κ2) is 153. The van der Waals surface area contributed by atoms with Gasteiger partial charge in [0.15, 0.2) is 0 Å². The van der Waals surface area contributed by atoms with Crippen LogP contribution in [0.5, 0.6) is 0 Å². The molecule has 0 saturated heterocycles.